The molecule has 0 aliphatic rings. The van der Waals surface area contributed by atoms with E-state index in [0.717, 1.165) is 29.6 Å². The number of halogens is 2. The topological polar surface area (TPSA) is 21.3 Å². The number of thiophene rings is 1. The largest absolute Gasteiger partial charge is 0.496 e. The van der Waals surface area contributed by atoms with Crippen molar-refractivity contribution in [2.45, 2.75) is 25.8 Å². The molecule has 1 N–H and O–H groups in total. The lowest BCUT2D eigenvalue weighted by molar-refractivity contribution is 0.405. The van der Waals surface area contributed by atoms with Gasteiger partial charge in [0.2, 0.25) is 0 Å². The third-order valence-electron chi connectivity index (χ3n) is 3.27. The van der Waals surface area contributed by atoms with Crippen molar-refractivity contribution in [2.24, 2.45) is 0 Å². The summed E-state index contributed by atoms with van der Waals surface area (Å²) in [6.07, 6.45) is 2.02. The molecular weight excluding hydrogens is 414 g/mol. The first-order chi connectivity index (χ1) is 10.2. The average Bonchev–Trinajstić information content (AvgIpc) is 2.90. The van der Waals surface area contributed by atoms with Gasteiger partial charge in [0.15, 0.2) is 0 Å². The molecule has 0 aliphatic carbocycles. The third kappa shape index (κ3) is 4.55. The molecule has 0 radical (unpaired) electrons. The summed E-state index contributed by atoms with van der Waals surface area (Å²) >= 11 is 8.98. The highest BCUT2D eigenvalue weighted by molar-refractivity contribution is 9.10. The Morgan fingerprint density at radius 3 is 2.71 bits per heavy atom. The maximum atomic E-state index is 5.50. The zero-order valence-electron chi connectivity index (χ0n) is 12.2. The highest BCUT2D eigenvalue weighted by atomic mass is 79.9. The van der Waals surface area contributed by atoms with Crippen LogP contribution in [-0.2, 0) is 6.42 Å². The minimum Gasteiger partial charge on any atom is -0.496 e. The van der Waals surface area contributed by atoms with E-state index in [4.69, 9.17) is 4.74 Å². The molecule has 1 aromatic heterocycles. The van der Waals surface area contributed by atoms with E-state index in [1.165, 1.54) is 14.9 Å². The summed E-state index contributed by atoms with van der Waals surface area (Å²) in [6.45, 7) is 3.19. The molecule has 0 aliphatic heterocycles. The lowest BCUT2D eigenvalue weighted by atomic mass is 10.0. The van der Waals surface area contributed by atoms with Crippen molar-refractivity contribution in [3.8, 4) is 5.75 Å². The first-order valence-corrected chi connectivity index (χ1v) is 9.41. The number of rotatable bonds is 7. The summed E-state index contributed by atoms with van der Waals surface area (Å²) in [5.74, 6) is 0.939. The number of ether oxygens (including phenoxy) is 1. The zero-order chi connectivity index (χ0) is 15.2. The predicted molar refractivity (Wildman–Crippen MR) is 97.5 cm³/mol. The van der Waals surface area contributed by atoms with Gasteiger partial charge in [-0.15, -0.1) is 11.3 Å². The monoisotopic (exact) mass is 431 g/mol. The normalized spacial score (nSPS) is 12.4. The van der Waals surface area contributed by atoms with Crippen LogP contribution in [-0.4, -0.2) is 13.7 Å². The van der Waals surface area contributed by atoms with Crippen molar-refractivity contribution in [1.29, 1.82) is 0 Å². The van der Waals surface area contributed by atoms with Crippen LogP contribution in [0.15, 0.2) is 38.6 Å². The lowest BCUT2D eigenvalue weighted by Crippen LogP contribution is -2.23. The summed E-state index contributed by atoms with van der Waals surface area (Å²) in [5, 5.41) is 5.76. The Bertz CT molecular complexity index is 585. The quantitative estimate of drug-likeness (QED) is 0.617. The van der Waals surface area contributed by atoms with Crippen LogP contribution in [0.3, 0.4) is 0 Å². The van der Waals surface area contributed by atoms with Crippen LogP contribution in [0.1, 0.15) is 29.8 Å². The number of hydrogen-bond acceptors (Lipinski definition) is 3. The molecule has 1 aromatic carbocycles. The second kappa shape index (κ2) is 8.32. The van der Waals surface area contributed by atoms with Gasteiger partial charge in [-0.2, -0.15) is 0 Å². The highest BCUT2D eigenvalue weighted by Crippen LogP contribution is 2.34. The van der Waals surface area contributed by atoms with E-state index in [1.54, 1.807) is 18.4 Å². The SMILES string of the molecule is CCCNC(Cc1cc(Br)ccc1OC)c1sccc1Br. The molecule has 114 valence electrons. The Morgan fingerprint density at radius 2 is 2.10 bits per heavy atom. The van der Waals surface area contributed by atoms with Crippen LogP contribution in [0.25, 0.3) is 0 Å². The molecular formula is C16H19Br2NOS. The van der Waals surface area contributed by atoms with Crippen molar-refractivity contribution in [3.63, 3.8) is 0 Å². The number of methoxy groups -OCH3 is 1. The molecule has 1 unspecified atom stereocenters. The van der Waals surface area contributed by atoms with Crippen molar-refractivity contribution in [1.82, 2.24) is 5.32 Å². The van der Waals surface area contributed by atoms with Crippen LogP contribution in [0, 0.1) is 0 Å². The van der Waals surface area contributed by atoms with Gasteiger partial charge in [-0.1, -0.05) is 22.9 Å². The Balaban J connectivity index is 2.26. The molecule has 0 fully saturated rings. The molecule has 0 saturated carbocycles. The molecule has 1 atom stereocenters. The lowest BCUT2D eigenvalue weighted by Gasteiger charge is -2.19. The maximum absolute atomic E-state index is 5.50. The molecule has 2 nitrogen and oxygen atoms in total. The second-order valence-corrected chi connectivity index (χ2v) is 7.52. The van der Waals surface area contributed by atoms with Gasteiger partial charge in [0.1, 0.15) is 5.75 Å². The van der Waals surface area contributed by atoms with Gasteiger partial charge < -0.3 is 10.1 Å². The summed E-state index contributed by atoms with van der Waals surface area (Å²) < 4.78 is 7.75. The van der Waals surface area contributed by atoms with Crippen molar-refractivity contribution < 1.29 is 4.74 Å². The standard InChI is InChI=1S/C16H19Br2NOS/c1-3-7-19-14(16-13(18)6-8-21-16)10-11-9-12(17)4-5-15(11)20-2/h4-6,8-9,14,19H,3,7,10H2,1-2H3. The molecule has 2 aromatic rings. The molecule has 21 heavy (non-hydrogen) atoms. The third-order valence-corrected chi connectivity index (χ3v) is 5.75. The van der Waals surface area contributed by atoms with E-state index in [2.05, 4.69) is 61.6 Å². The fraction of sp³-hybridized carbons (Fsp3) is 0.375. The molecule has 0 amide bonds. The number of hydrogen-bond donors (Lipinski definition) is 1. The van der Waals surface area contributed by atoms with Crippen LogP contribution in [0.4, 0.5) is 0 Å². The van der Waals surface area contributed by atoms with Gasteiger partial charge in [0.05, 0.1) is 7.11 Å². The maximum Gasteiger partial charge on any atom is 0.122 e. The van der Waals surface area contributed by atoms with E-state index in [1.807, 2.05) is 12.1 Å². The Labute approximate surface area is 147 Å². The summed E-state index contributed by atoms with van der Waals surface area (Å²) in [7, 11) is 1.72. The van der Waals surface area contributed by atoms with Gasteiger partial charge in [0, 0.05) is 19.9 Å². The van der Waals surface area contributed by atoms with Crippen LogP contribution >= 0.6 is 43.2 Å². The van der Waals surface area contributed by atoms with Gasteiger partial charge in [-0.3, -0.25) is 0 Å². The highest BCUT2D eigenvalue weighted by Gasteiger charge is 2.18. The van der Waals surface area contributed by atoms with Gasteiger partial charge in [0.25, 0.3) is 0 Å². The Kier molecular flexibility index (Phi) is 6.74. The van der Waals surface area contributed by atoms with Gasteiger partial charge >= 0.3 is 0 Å². The first kappa shape index (κ1) is 17.0. The van der Waals surface area contributed by atoms with E-state index >= 15 is 0 Å². The van der Waals surface area contributed by atoms with Crippen molar-refractivity contribution in [3.05, 3.63) is 49.0 Å². The van der Waals surface area contributed by atoms with Gasteiger partial charge in [-0.25, -0.2) is 0 Å². The molecule has 0 saturated heterocycles. The van der Waals surface area contributed by atoms with Crippen LogP contribution in [0.2, 0.25) is 0 Å². The minimum atomic E-state index is 0.294. The first-order valence-electron chi connectivity index (χ1n) is 6.94. The zero-order valence-corrected chi connectivity index (χ0v) is 16.1. The average molecular weight is 433 g/mol. The van der Waals surface area contributed by atoms with Crippen LogP contribution < -0.4 is 10.1 Å². The fourth-order valence-electron chi connectivity index (χ4n) is 2.26. The number of nitrogens with one attached hydrogen (secondary N) is 1. The van der Waals surface area contributed by atoms with E-state index in [-0.39, 0.29) is 0 Å². The van der Waals surface area contributed by atoms with Crippen molar-refractivity contribution in [2.75, 3.05) is 13.7 Å². The van der Waals surface area contributed by atoms with Gasteiger partial charge in [-0.05, 0) is 70.5 Å². The van der Waals surface area contributed by atoms with E-state index in [0.29, 0.717) is 6.04 Å². The second-order valence-electron chi connectivity index (χ2n) is 4.80. The molecule has 5 heteroatoms. The fourth-order valence-corrected chi connectivity index (χ4v) is 4.39. The summed E-state index contributed by atoms with van der Waals surface area (Å²) in [6, 6.07) is 8.57. The van der Waals surface area contributed by atoms with E-state index < -0.39 is 0 Å². The molecule has 0 bridgehead atoms. The molecule has 1 heterocycles. The predicted octanol–water partition coefficient (Wildman–Crippen LogP) is 5.57. The van der Waals surface area contributed by atoms with E-state index in [9.17, 15) is 0 Å². The van der Waals surface area contributed by atoms with Crippen LogP contribution in [0.5, 0.6) is 5.75 Å². The smallest absolute Gasteiger partial charge is 0.122 e. The summed E-state index contributed by atoms with van der Waals surface area (Å²) in [4.78, 5) is 1.34. The Hall–Kier alpha value is -0.360. The number of benzene rings is 1. The molecule has 0 spiro atoms. The Morgan fingerprint density at radius 1 is 1.29 bits per heavy atom. The van der Waals surface area contributed by atoms with Crippen molar-refractivity contribution >= 4 is 43.2 Å². The minimum absolute atomic E-state index is 0.294. The molecule has 2 rings (SSSR count). The summed E-state index contributed by atoms with van der Waals surface area (Å²) in [5.41, 5.74) is 1.21.